The molecule has 78 valence electrons. The van der Waals surface area contributed by atoms with Crippen molar-refractivity contribution < 1.29 is 14.7 Å². The van der Waals surface area contributed by atoms with Gasteiger partial charge in [0.15, 0.2) is 0 Å². The van der Waals surface area contributed by atoms with Crippen molar-refractivity contribution in [2.45, 2.75) is 12.5 Å². The zero-order valence-corrected chi connectivity index (χ0v) is 8.01. The average molecular weight is 205 g/mol. The third kappa shape index (κ3) is 2.15. The maximum Gasteiger partial charge on any atom is 0.308 e. The van der Waals surface area contributed by atoms with Crippen LogP contribution in [0.1, 0.15) is 16.8 Å². The van der Waals surface area contributed by atoms with Crippen molar-refractivity contribution in [3.8, 4) is 0 Å². The maximum absolute atomic E-state index is 11.6. The van der Waals surface area contributed by atoms with E-state index in [-0.39, 0.29) is 11.9 Å². The van der Waals surface area contributed by atoms with E-state index in [2.05, 4.69) is 5.32 Å². The van der Waals surface area contributed by atoms with E-state index in [9.17, 15) is 9.59 Å². The topological polar surface area (TPSA) is 66.4 Å². The highest BCUT2D eigenvalue weighted by molar-refractivity contribution is 5.95. The summed E-state index contributed by atoms with van der Waals surface area (Å²) in [5.41, 5.74) is 0.563. The van der Waals surface area contributed by atoms with Gasteiger partial charge in [-0.15, -0.1) is 0 Å². The first-order chi connectivity index (χ1) is 7.18. The Hall–Kier alpha value is -1.84. The minimum Gasteiger partial charge on any atom is -0.481 e. The second kappa shape index (κ2) is 3.73. The Labute approximate surface area is 86.9 Å². The summed E-state index contributed by atoms with van der Waals surface area (Å²) < 4.78 is 0. The van der Waals surface area contributed by atoms with Crippen LogP contribution < -0.4 is 5.32 Å². The monoisotopic (exact) mass is 205 g/mol. The van der Waals surface area contributed by atoms with Gasteiger partial charge in [0.25, 0.3) is 5.91 Å². The van der Waals surface area contributed by atoms with Gasteiger partial charge in [-0.1, -0.05) is 18.2 Å². The van der Waals surface area contributed by atoms with Crippen LogP contribution >= 0.6 is 0 Å². The van der Waals surface area contributed by atoms with Crippen molar-refractivity contribution in [2.75, 3.05) is 0 Å². The van der Waals surface area contributed by atoms with E-state index in [4.69, 9.17) is 5.11 Å². The third-order valence-corrected chi connectivity index (χ3v) is 2.46. The molecule has 1 fully saturated rings. The lowest BCUT2D eigenvalue weighted by Crippen LogP contribution is -2.27. The summed E-state index contributed by atoms with van der Waals surface area (Å²) in [5.74, 6) is -1.45. The molecule has 1 amide bonds. The summed E-state index contributed by atoms with van der Waals surface area (Å²) in [4.78, 5) is 22.1. The Morgan fingerprint density at radius 3 is 2.47 bits per heavy atom. The predicted molar refractivity (Wildman–Crippen MR) is 53.4 cm³/mol. The molecule has 1 aliphatic rings. The number of carbonyl (C=O) groups excluding carboxylic acids is 1. The van der Waals surface area contributed by atoms with Crippen molar-refractivity contribution in [3.05, 3.63) is 35.9 Å². The summed E-state index contributed by atoms with van der Waals surface area (Å²) in [6.07, 6.45) is 0.536. The van der Waals surface area contributed by atoms with Crippen molar-refractivity contribution in [2.24, 2.45) is 5.92 Å². The van der Waals surface area contributed by atoms with Crippen LogP contribution in [0.3, 0.4) is 0 Å². The largest absolute Gasteiger partial charge is 0.481 e. The molecule has 1 aliphatic carbocycles. The van der Waals surface area contributed by atoms with Crippen molar-refractivity contribution >= 4 is 11.9 Å². The number of aliphatic carboxylic acids is 1. The van der Waals surface area contributed by atoms with Gasteiger partial charge >= 0.3 is 5.97 Å². The average Bonchev–Trinajstić information content (AvgIpc) is 2.98. The third-order valence-electron chi connectivity index (χ3n) is 2.46. The highest BCUT2D eigenvalue weighted by Gasteiger charge is 2.44. The zero-order chi connectivity index (χ0) is 10.8. The summed E-state index contributed by atoms with van der Waals surface area (Å²) in [5, 5.41) is 11.3. The Balaban J connectivity index is 1.92. The van der Waals surface area contributed by atoms with Gasteiger partial charge in [-0.05, 0) is 18.6 Å². The first-order valence-electron chi connectivity index (χ1n) is 4.77. The van der Waals surface area contributed by atoms with Gasteiger partial charge in [-0.3, -0.25) is 9.59 Å². The molecule has 0 aliphatic heterocycles. The fourth-order valence-corrected chi connectivity index (χ4v) is 1.47. The Morgan fingerprint density at radius 2 is 1.93 bits per heavy atom. The summed E-state index contributed by atoms with van der Waals surface area (Å²) in [6.45, 7) is 0. The number of carboxylic acids is 1. The Morgan fingerprint density at radius 1 is 1.27 bits per heavy atom. The number of hydrogen-bond donors (Lipinski definition) is 2. The maximum atomic E-state index is 11.6. The molecule has 0 radical (unpaired) electrons. The first-order valence-corrected chi connectivity index (χ1v) is 4.77. The van der Waals surface area contributed by atoms with E-state index in [0.717, 1.165) is 0 Å². The van der Waals surface area contributed by atoms with Gasteiger partial charge in [-0.25, -0.2) is 0 Å². The molecule has 0 heterocycles. The number of benzene rings is 1. The molecule has 15 heavy (non-hydrogen) atoms. The SMILES string of the molecule is O=C(NC1CC1C(=O)O)c1ccccc1. The lowest BCUT2D eigenvalue weighted by molar-refractivity contribution is -0.138. The summed E-state index contributed by atoms with van der Waals surface area (Å²) >= 11 is 0. The van der Waals surface area contributed by atoms with Crippen LogP contribution in [0, 0.1) is 5.92 Å². The number of nitrogens with one attached hydrogen (secondary N) is 1. The molecule has 1 aromatic rings. The van der Waals surface area contributed by atoms with Gasteiger partial charge in [0.1, 0.15) is 0 Å². The molecule has 0 spiro atoms. The zero-order valence-electron chi connectivity index (χ0n) is 8.01. The molecule has 1 saturated carbocycles. The molecule has 0 bridgehead atoms. The fraction of sp³-hybridized carbons (Fsp3) is 0.273. The molecular weight excluding hydrogens is 194 g/mol. The Bertz CT molecular complexity index is 388. The minimum absolute atomic E-state index is 0.199. The number of carboxylic acid groups (broad SMARTS) is 1. The van der Waals surface area contributed by atoms with E-state index in [1.165, 1.54) is 0 Å². The number of rotatable bonds is 3. The molecule has 4 heteroatoms. The second-order valence-electron chi connectivity index (χ2n) is 3.63. The van der Waals surface area contributed by atoms with E-state index in [1.54, 1.807) is 24.3 Å². The molecule has 2 atom stereocenters. The lowest BCUT2D eigenvalue weighted by atomic mass is 10.2. The van der Waals surface area contributed by atoms with Gasteiger partial charge < -0.3 is 10.4 Å². The predicted octanol–water partition coefficient (Wildman–Crippen LogP) is 0.889. The molecule has 1 aromatic carbocycles. The number of hydrogen-bond acceptors (Lipinski definition) is 2. The van der Waals surface area contributed by atoms with Gasteiger partial charge in [0, 0.05) is 11.6 Å². The highest BCUT2D eigenvalue weighted by Crippen LogP contribution is 2.30. The highest BCUT2D eigenvalue weighted by atomic mass is 16.4. The number of carbonyl (C=O) groups is 2. The van der Waals surface area contributed by atoms with Crippen LogP contribution in [-0.4, -0.2) is 23.0 Å². The first kappa shape index (κ1) is 9.71. The van der Waals surface area contributed by atoms with E-state index in [1.807, 2.05) is 6.07 Å². The van der Waals surface area contributed by atoms with Crippen LogP contribution in [0.4, 0.5) is 0 Å². The molecule has 0 aromatic heterocycles. The minimum atomic E-state index is -0.839. The molecule has 2 rings (SSSR count). The van der Waals surface area contributed by atoms with E-state index in [0.29, 0.717) is 12.0 Å². The van der Waals surface area contributed by atoms with Crippen LogP contribution in [0.2, 0.25) is 0 Å². The van der Waals surface area contributed by atoms with Crippen LogP contribution in [0.15, 0.2) is 30.3 Å². The normalized spacial score (nSPS) is 23.2. The molecule has 2 unspecified atom stereocenters. The van der Waals surface area contributed by atoms with Crippen molar-refractivity contribution in [3.63, 3.8) is 0 Å². The molecule has 2 N–H and O–H groups in total. The Kier molecular flexibility index (Phi) is 2.41. The summed E-state index contributed by atoms with van der Waals surface area (Å²) in [6, 6.07) is 8.58. The van der Waals surface area contributed by atoms with Gasteiger partial charge in [-0.2, -0.15) is 0 Å². The van der Waals surface area contributed by atoms with Crippen molar-refractivity contribution in [1.29, 1.82) is 0 Å². The lowest BCUT2D eigenvalue weighted by Gasteiger charge is -2.02. The quantitative estimate of drug-likeness (QED) is 0.770. The van der Waals surface area contributed by atoms with Gasteiger partial charge in [0.05, 0.1) is 5.92 Å². The van der Waals surface area contributed by atoms with Gasteiger partial charge in [0.2, 0.25) is 0 Å². The van der Waals surface area contributed by atoms with E-state index >= 15 is 0 Å². The van der Waals surface area contributed by atoms with Crippen LogP contribution in [0.25, 0.3) is 0 Å². The standard InChI is InChI=1S/C11H11NO3/c13-10(7-4-2-1-3-5-7)12-9-6-8(9)11(14)15/h1-5,8-9H,6H2,(H,12,13)(H,14,15). The molecule has 0 saturated heterocycles. The number of amides is 1. The smallest absolute Gasteiger partial charge is 0.308 e. The van der Waals surface area contributed by atoms with Crippen LogP contribution in [0.5, 0.6) is 0 Å². The summed E-state index contributed by atoms with van der Waals surface area (Å²) in [7, 11) is 0. The molecular formula is C11H11NO3. The van der Waals surface area contributed by atoms with Crippen molar-refractivity contribution in [1.82, 2.24) is 5.32 Å². The molecule has 4 nitrogen and oxygen atoms in total. The van der Waals surface area contributed by atoms with E-state index < -0.39 is 11.9 Å². The van der Waals surface area contributed by atoms with Crippen LogP contribution in [-0.2, 0) is 4.79 Å². The second-order valence-corrected chi connectivity index (χ2v) is 3.63. The fourth-order valence-electron chi connectivity index (χ4n) is 1.47.